The summed E-state index contributed by atoms with van der Waals surface area (Å²) < 4.78 is 30.5. The van der Waals surface area contributed by atoms with E-state index in [4.69, 9.17) is 15.8 Å². The molecule has 1 heterocycles. The number of ether oxygens (including phenoxy) is 1. The maximum absolute atomic E-state index is 13.5. The molecule has 2 aromatic rings. The smallest absolute Gasteiger partial charge is 0.269 e. The molecule has 0 aromatic heterocycles. The zero-order valence-corrected chi connectivity index (χ0v) is 15.0. The summed E-state index contributed by atoms with van der Waals surface area (Å²) in [5.41, 5.74) is 1.43. The summed E-state index contributed by atoms with van der Waals surface area (Å²) in [4.78, 5) is 16.1. The molecule has 1 aliphatic rings. The molecule has 0 bridgehead atoms. The highest BCUT2D eigenvalue weighted by Gasteiger charge is 2.54. The van der Waals surface area contributed by atoms with Gasteiger partial charge in [0.1, 0.15) is 16.4 Å². The van der Waals surface area contributed by atoms with Crippen LogP contribution in [0.1, 0.15) is 0 Å². The predicted octanol–water partition coefficient (Wildman–Crippen LogP) is 0.714. The van der Waals surface area contributed by atoms with Gasteiger partial charge in [0.15, 0.2) is 4.75 Å². The van der Waals surface area contributed by atoms with Gasteiger partial charge in [-0.25, -0.2) is 19.7 Å². The molecule has 9 nitrogen and oxygen atoms in total. The van der Waals surface area contributed by atoms with Crippen molar-refractivity contribution in [2.45, 2.75) is 9.64 Å². The van der Waals surface area contributed by atoms with Gasteiger partial charge >= 0.3 is 0 Å². The van der Waals surface area contributed by atoms with E-state index >= 15 is 0 Å². The number of carbonyl (C=O) groups excluding carboxylic acids is 1. The summed E-state index contributed by atoms with van der Waals surface area (Å²) in [5, 5.41) is 10.1. The Morgan fingerprint density at radius 3 is 2.52 bits per heavy atom. The van der Waals surface area contributed by atoms with Crippen molar-refractivity contribution in [2.24, 2.45) is 10.8 Å². The molecule has 1 unspecified atom stereocenters. The second-order valence-electron chi connectivity index (χ2n) is 5.93. The van der Waals surface area contributed by atoms with Crippen LogP contribution < -0.4 is 16.1 Å². The summed E-state index contributed by atoms with van der Waals surface area (Å²) in [6, 6.07) is 14.6. The zero-order chi connectivity index (χ0) is 19.5. The third-order valence-corrected chi connectivity index (χ3v) is 6.54. The molecule has 0 aliphatic carbocycles. The van der Waals surface area contributed by atoms with Crippen LogP contribution in [0.15, 0.2) is 64.5 Å². The van der Waals surface area contributed by atoms with Crippen LogP contribution in [-0.2, 0) is 14.6 Å². The number of hydrogen-bond acceptors (Lipinski definition) is 8. The van der Waals surface area contributed by atoms with Crippen molar-refractivity contribution in [3.8, 4) is 11.5 Å². The zero-order valence-electron chi connectivity index (χ0n) is 14.1. The highest BCUT2D eigenvalue weighted by molar-refractivity contribution is 7.93. The van der Waals surface area contributed by atoms with Crippen molar-refractivity contribution in [2.75, 3.05) is 13.1 Å². The molecule has 3 rings (SSSR count). The van der Waals surface area contributed by atoms with Crippen molar-refractivity contribution < 1.29 is 23.2 Å². The average molecular weight is 390 g/mol. The van der Waals surface area contributed by atoms with Crippen LogP contribution in [0.4, 0.5) is 0 Å². The number of aliphatic imine (C=N–C) groups is 1. The lowest BCUT2D eigenvalue weighted by molar-refractivity contribution is -0.132. The molecule has 10 heteroatoms. The number of hydrogen-bond donors (Lipinski definition) is 3. The number of rotatable bonds is 5. The van der Waals surface area contributed by atoms with E-state index in [9.17, 15) is 13.2 Å². The number of nitrogens with two attached hydrogens (primary N) is 1. The maximum atomic E-state index is 13.5. The number of nitrogens with one attached hydrogen (secondary N) is 1. The van der Waals surface area contributed by atoms with Gasteiger partial charge in [0.05, 0.1) is 19.4 Å². The van der Waals surface area contributed by atoms with Crippen LogP contribution in [-0.4, -0.2) is 48.7 Å². The summed E-state index contributed by atoms with van der Waals surface area (Å²) in [6.07, 6.45) is 1.23. The van der Waals surface area contributed by atoms with Gasteiger partial charge in [-0.05, 0) is 24.3 Å². The average Bonchev–Trinajstić information content (AvgIpc) is 2.68. The Hall–Kier alpha value is -2.95. The molecule has 0 fully saturated rings. The van der Waals surface area contributed by atoms with Crippen molar-refractivity contribution in [3.63, 3.8) is 0 Å². The van der Waals surface area contributed by atoms with Crippen LogP contribution in [0.5, 0.6) is 11.5 Å². The molecule has 27 heavy (non-hydrogen) atoms. The third kappa shape index (κ3) is 3.37. The van der Waals surface area contributed by atoms with Gasteiger partial charge in [-0.15, -0.1) is 0 Å². The summed E-state index contributed by atoms with van der Waals surface area (Å²) in [5.74, 6) is 5.03. The molecule has 0 saturated heterocycles. The van der Waals surface area contributed by atoms with Gasteiger partial charge < -0.3 is 4.74 Å². The largest absolute Gasteiger partial charge is 0.456 e. The molecule has 1 atom stereocenters. The van der Waals surface area contributed by atoms with E-state index in [1.54, 1.807) is 36.4 Å². The fraction of sp³-hybridized carbons (Fsp3) is 0.176. The monoisotopic (exact) mass is 390 g/mol. The minimum absolute atomic E-state index is 0.0481. The quantitative estimate of drug-likeness (QED) is 0.389. The maximum Gasteiger partial charge on any atom is 0.269 e. The first-order valence-electron chi connectivity index (χ1n) is 7.93. The lowest BCUT2D eigenvalue weighted by Gasteiger charge is -2.35. The number of hydroxylamine groups is 1. The van der Waals surface area contributed by atoms with Gasteiger partial charge in [-0.2, -0.15) is 0 Å². The number of amides is 1. The van der Waals surface area contributed by atoms with E-state index in [-0.39, 0.29) is 17.2 Å². The summed E-state index contributed by atoms with van der Waals surface area (Å²) in [6.45, 7) is -0.778. The Kier molecular flexibility index (Phi) is 5.13. The van der Waals surface area contributed by atoms with Gasteiger partial charge in [-0.1, -0.05) is 30.3 Å². The highest BCUT2D eigenvalue weighted by Crippen LogP contribution is 2.36. The first-order chi connectivity index (χ1) is 12.9. The van der Waals surface area contributed by atoms with E-state index in [0.717, 1.165) is 5.01 Å². The minimum Gasteiger partial charge on any atom is -0.456 e. The SMILES string of the molecule is NN1C=NCC(C(=O)NO)(S(=O)(=O)c2ccccc2Oc2ccccc2)C1. The lowest BCUT2D eigenvalue weighted by atomic mass is 10.1. The summed E-state index contributed by atoms with van der Waals surface area (Å²) in [7, 11) is -4.35. The second kappa shape index (κ2) is 7.35. The van der Waals surface area contributed by atoms with Gasteiger partial charge in [0.25, 0.3) is 5.91 Å². The van der Waals surface area contributed by atoms with Crippen molar-refractivity contribution in [1.29, 1.82) is 0 Å². The second-order valence-corrected chi connectivity index (χ2v) is 8.16. The van der Waals surface area contributed by atoms with E-state index in [2.05, 4.69) is 4.99 Å². The molecule has 0 spiro atoms. The number of sulfone groups is 1. The van der Waals surface area contributed by atoms with Gasteiger partial charge in [0, 0.05) is 0 Å². The van der Waals surface area contributed by atoms with E-state index < -0.39 is 27.0 Å². The number of para-hydroxylation sites is 2. The van der Waals surface area contributed by atoms with Crippen LogP contribution in [0, 0.1) is 0 Å². The molecular weight excluding hydrogens is 372 g/mol. The first kappa shape index (κ1) is 18.8. The van der Waals surface area contributed by atoms with Gasteiger partial charge in [0.2, 0.25) is 9.84 Å². The van der Waals surface area contributed by atoms with Crippen molar-refractivity contribution >= 4 is 22.1 Å². The van der Waals surface area contributed by atoms with Crippen molar-refractivity contribution in [1.82, 2.24) is 10.5 Å². The molecule has 1 amide bonds. The standard InChI is InChI=1S/C17H18N4O5S/c18-21-11-17(10-19-12-21,16(22)20-23)27(24,25)15-9-5-4-8-14(15)26-13-6-2-1-3-7-13/h1-9,12,23H,10-11,18H2,(H,20,22). The third-order valence-electron chi connectivity index (χ3n) is 4.15. The van der Waals surface area contributed by atoms with Crippen LogP contribution in [0.3, 0.4) is 0 Å². The fourth-order valence-corrected chi connectivity index (χ4v) is 4.71. The van der Waals surface area contributed by atoms with Gasteiger partial charge in [-0.3, -0.25) is 20.0 Å². The fourth-order valence-electron chi connectivity index (χ4n) is 2.80. The molecule has 0 radical (unpaired) electrons. The Balaban J connectivity index is 2.11. The van der Waals surface area contributed by atoms with E-state index in [0.29, 0.717) is 5.75 Å². The number of carbonyl (C=O) groups is 1. The number of hydrazine groups is 1. The number of benzene rings is 2. The van der Waals surface area contributed by atoms with E-state index in [1.165, 1.54) is 30.0 Å². The first-order valence-corrected chi connectivity index (χ1v) is 9.41. The normalized spacial score (nSPS) is 19.6. The minimum atomic E-state index is -4.35. The Morgan fingerprint density at radius 1 is 1.19 bits per heavy atom. The predicted molar refractivity (Wildman–Crippen MR) is 97.1 cm³/mol. The Bertz CT molecular complexity index is 964. The highest BCUT2D eigenvalue weighted by atomic mass is 32.2. The molecule has 4 N–H and O–H groups in total. The topological polar surface area (TPSA) is 134 Å². The summed E-state index contributed by atoms with van der Waals surface area (Å²) >= 11 is 0. The lowest BCUT2D eigenvalue weighted by Crippen LogP contribution is -2.63. The Labute approximate surface area is 155 Å². The molecule has 142 valence electrons. The molecule has 0 saturated carbocycles. The van der Waals surface area contributed by atoms with Crippen LogP contribution >= 0.6 is 0 Å². The molecular formula is C17H18N4O5S. The van der Waals surface area contributed by atoms with Crippen LogP contribution in [0.25, 0.3) is 0 Å². The number of nitrogens with zero attached hydrogens (tertiary/aromatic N) is 2. The Morgan fingerprint density at radius 2 is 1.85 bits per heavy atom. The van der Waals surface area contributed by atoms with Crippen molar-refractivity contribution in [3.05, 3.63) is 54.6 Å². The molecule has 2 aromatic carbocycles. The van der Waals surface area contributed by atoms with E-state index in [1.807, 2.05) is 0 Å². The van der Waals surface area contributed by atoms with Crippen LogP contribution in [0.2, 0.25) is 0 Å². The molecule has 1 aliphatic heterocycles.